The molecule has 1 saturated heterocycles. The molecule has 2 atom stereocenters. The molecular weight excluding hydrogens is 344 g/mol. The highest BCUT2D eigenvalue weighted by atomic mass is 16.2. The van der Waals surface area contributed by atoms with Gasteiger partial charge in [0, 0.05) is 12.2 Å². The highest BCUT2D eigenvalue weighted by Gasteiger charge is 2.33. The number of hydrogen-bond acceptors (Lipinski definition) is 2. The fraction of sp³-hybridized carbons (Fsp3) is 0.280. The molecule has 0 aliphatic carbocycles. The van der Waals surface area contributed by atoms with Crippen LogP contribution in [0.2, 0.25) is 0 Å². The minimum atomic E-state index is -0.139. The highest BCUT2D eigenvalue weighted by molar-refractivity contribution is 5.84. The summed E-state index contributed by atoms with van der Waals surface area (Å²) in [5, 5.41) is 0. The summed E-state index contributed by atoms with van der Waals surface area (Å²) >= 11 is 0. The molecule has 0 N–H and O–H groups in total. The normalized spacial score (nSPS) is 17.5. The molecule has 0 bridgehead atoms. The van der Waals surface area contributed by atoms with Gasteiger partial charge in [0.05, 0.1) is 17.7 Å². The van der Waals surface area contributed by atoms with Gasteiger partial charge in [-0.25, -0.2) is 0 Å². The van der Waals surface area contributed by atoms with E-state index >= 15 is 0 Å². The number of aromatic nitrogens is 1. The van der Waals surface area contributed by atoms with E-state index in [1.165, 1.54) is 11.1 Å². The monoisotopic (exact) mass is 370 g/mol. The Bertz CT molecular complexity index is 953. The van der Waals surface area contributed by atoms with Gasteiger partial charge in [0.1, 0.15) is 0 Å². The van der Waals surface area contributed by atoms with Gasteiger partial charge >= 0.3 is 0 Å². The summed E-state index contributed by atoms with van der Waals surface area (Å²) in [6.45, 7) is 4.84. The molecule has 3 aromatic rings. The Morgan fingerprint density at radius 1 is 1.00 bits per heavy atom. The number of pyridine rings is 1. The van der Waals surface area contributed by atoms with E-state index in [4.69, 9.17) is 4.98 Å². The van der Waals surface area contributed by atoms with Crippen molar-refractivity contribution in [1.82, 2.24) is 9.88 Å². The molecule has 28 heavy (non-hydrogen) atoms. The molecular formula is C25H26N2O. The third-order valence-electron chi connectivity index (χ3n) is 5.63. The molecule has 0 saturated carbocycles. The maximum absolute atomic E-state index is 13.3. The average molecular weight is 370 g/mol. The molecule has 142 valence electrons. The Labute approximate surface area is 167 Å². The Morgan fingerprint density at radius 3 is 2.39 bits per heavy atom. The summed E-state index contributed by atoms with van der Waals surface area (Å²) in [5.41, 5.74) is 5.42. The molecule has 1 aromatic heterocycles. The number of carbonyl (C=O) groups is 1. The van der Waals surface area contributed by atoms with Gasteiger partial charge in [-0.1, -0.05) is 60.7 Å². The summed E-state index contributed by atoms with van der Waals surface area (Å²) < 4.78 is 0. The number of rotatable bonds is 4. The van der Waals surface area contributed by atoms with Crippen LogP contribution in [0.15, 0.2) is 72.8 Å². The first kappa shape index (κ1) is 18.4. The van der Waals surface area contributed by atoms with Crippen LogP contribution in [0.1, 0.15) is 48.7 Å². The van der Waals surface area contributed by atoms with Crippen molar-refractivity contribution in [2.45, 2.75) is 38.6 Å². The Kier molecular flexibility index (Phi) is 5.25. The third kappa shape index (κ3) is 3.70. The van der Waals surface area contributed by atoms with E-state index in [1.807, 2.05) is 55.1 Å². The van der Waals surface area contributed by atoms with Crippen LogP contribution in [-0.2, 0) is 4.79 Å². The number of aryl methyl sites for hydroxylation is 1. The van der Waals surface area contributed by atoms with E-state index in [2.05, 4.69) is 36.4 Å². The van der Waals surface area contributed by atoms with Crippen molar-refractivity contribution in [3.63, 3.8) is 0 Å². The highest BCUT2D eigenvalue weighted by Crippen LogP contribution is 2.35. The van der Waals surface area contributed by atoms with Crippen LogP contribution in [0.4, 0.5) is 0 Å². The number of nitrogens with zero attached hydrogens (tertiary/aromatic N) is 2. The van der Waals surface area contributed by atoms with Gasteiger partial charge in [-0.15, -0.1) is 0 Å². The lowest BCUT2D eigenvalue weighted by Gasteiger charge is -2.28. The summed E-state index contributed by atoms with van der Waals surface area (Å²) in [4.78, 5) is 20.1. The van der Waals surface area contributed by atoms with E-state index < -0.39 is 0 Å². The zero-order chi connectivity index (χ0) is 19.5. The van der Waals surface area contributed by atoms with Crippen LogP contribution in [0.25, 0.3) is 11.1 Å². The molecule has 0 unspecified atom stereocenters. The zero-order valence-electron chi connectivity index (χ0n) is 16.5. The van der Waals surface area contributed by atoms with Gasteiger partial charge < -0.3 is 4.90 Å². The van der Waals surface area contributed by atoms with Crippen molar-refractivity contribution in [3.8, 4) is 11.1 Å². The van der Waals surface area contributed by atoms with E-state index in [-0.39, 0.29) is 17.9 Å². The standard InChI is InChI=1S/C25H26N2O/c1-18-16-22(21-12-7-4-8-13-21)17-23(26-18)24-14-9-15-27(24)25(28)19(2)20-10-5-3-6-11-20/h3-8,10-13,16-17,19,24H,9,14-15H2,1-2H3/t19-,24+/m1/s1. The Morgan fingerprint density at radius 2 is 1.68 bits per heavy atom. The average Bonchev–Trinajstić information content (AvgIpc) is 3.23. The zero-order valence-corrected chi connectivity index (χ0v) is 16.5. The van der Waals surface area contributed by atoms with Gasteiger partial charge in [-0.3, -0.25) is 9.78 Å². The molecule has 1 amide bonds. The van der Waals surface area contributed by atoms with Crippen LogP contribution in [0.3, 0.4) is 0 Å². The molecule has 0 spiro atoms. The first-order valence-electron chi connectivity index (χ1n) is 10.0. The smallest absolute Gasteiger partial charge is 0.230 e. The Hall–Kier alpha value is -2.94. The summed E-state index contributed by atoms with van der Waals surface area (Å²) in [6.07, 6.45) is 1.99. The van der Waals surface area contributed by atoms with E-state index in [0.717, 1.165) is 36.3 Å². The van der Waals surface area contributed by atoms with Crippen LogP contribution < -0.4 is 0 Å². The molecule has 3 heteroatoms. The molecule has 2 heterocycles. The minimum absolute atomic E-state index is 0.0565. The molecule has 3 nitrogen and oxygen atoms in total. The topological polar surface area (TPSA) is 33.2 Å². The van der Waals surface area contributed by atoms with E-state index in [0.29, 0.717) is 0 Å². The quantitative estimate of drug-likeness (QED) is 0.605. The Balaban J connectivity index is 1.63. The number of hydrogen-bond donors (Lipinski definition) is 0. The van der Waals surface area contributed by atoms with Crippen molar-refractivity contribution in [3.05, 3.63) is 89.7 Å². The molecule has 0 radical (unpaired) electrons. The van der Waals surface area contributed by atoms with Gasteiger partial charge in [-0.05, 0) is 55.5 Å². The van der Waals surface area contributed by atoms with Crippen LogP contribution in [0, 0.1) is 6.92 Å². The van der Waals surface area contributed by atoms with Gasteiger partial charge in [0.25, 0.3) is 0 Å². The second-order valence-electron chi connectivity index (χ2n) is 7.61. The van der Waals surface area contributed by atoms with Gasteiger partial charge in [-0.2, -0.15) is 0 Å². The lowest BCUT2D eigenvalue weighted by Crippen LogP contribution is -2.34. The number of amides is 1. The van der Waals surface area contributed by atoms with E-state index in [9.17, 15) is 4.79 Å². The summed E-state index contributed by atoms with van der Waals surface area (Å²) in [7, 11) is 0. The minimum Gasteiger partial charge on any atom is -0.334 e. The predicted octanol–water partition coefficient (Wildman–Crippen LogP) is 5.52. The SMILES string of the molecule is Cc1cc(-c2ccccc2)cc([C@@H]2CCCN2C(=O)[C@H](C)c2ccccc2)n1. The maximum Gasteiger partial charge on any atom is 0.230 e. The largest absolute Gasteiger partial charge is 0.334 e. The third-order valence-corrected chi connectivity index (χ3v) is 5.63. The lowest BCUT2D eigenvalue weighted by molar-refractivity contribution is -0.133. The van der Waals surface area contributed by atoms with Crippen LogP contribution >= 0.6 is 0 Å². The first-order chi connectivity index (χ1) is 13.6. The first-order valence-corrected chi connectivity index (χ1v) is 10.0. The second kappa shape index (κ2) is 7.97. The van der Waals surface area contributed by atoms with Crippen LogP contribution in [-0.4, -0.2) is 22.3 Å². The number of likely N-dealkylation sites (tertiary alicyclic amines) is 1. The molecule has 1 aliphatic heterocycles. The summed E-state index contributed by atoms with van der Waals surface area (Å²) in [6, 6.07) is 24.7. The van der Waals surface area contributed by atoms with Crippen molar-refractivity contribution < 1.29 is 4.79 Å². The fourth-order valence-electron chi connectivity index (χ4n) is 4.13. The van der Waals surface area contributed by atoms with Crippen LogP contribution in [0.5, 0.6) is 0 Å². The summed E-state index contributed by atoms with van der Waals surface area (Å²) in [5.74, 6) is 0.0541. The van der Waals surface area contributed by atoms with Crippen molar-refractivity contribution in [2.24, 2.45) is 0 Å². The number of benzene rings is 2. The maximum atomic E-state index is 13.3. The molecule has 1 aliphatic rings. The van der Waals surface area contributed by atoms with Gasteiger partial charge in [0.2, 0.25) is 5.91 Å². The van der Waals surface area contributed by atoms with Crippen molar-refractivity contribution >= 4 is 5.91 Å². The lowest BCUT2D eigenvalue weighted by atomic mass is 9.98. The molecule has 1 fully saturated rings. The van der Waals surface area contributed by atoms with Crippen molar-refractivity contribution in [2.75, 3.05) is 6.54 Å². The number of carbonyl (C=O) groups excluding carboxylic acids is 1. The van der Waals surface area contributed by atoms with E-state index in [1.54, 1.807) is 0 Å². The molecule has 4 rings (SSSR count). The second-order valence-corrected chi connectivity index (χ2v) is 7.61. The fourth-order valence-corrected chi connectivity index (χ4v) is 4.13. The van der Waals surface area contributed by atoms with Crippen molar-refractivity contribution in [1.29, 1.82) is 0 Å². The molecule has 2 aromatic carbocycles. The predicted molar refractivity (Wildman–Crippen MR) is 113 cm³/mol. The van der Waals surface area contributed by atoms with Gasteiger partial charge in [0.15, 0.2) is 0 Å².